The number of nitrogens with zero attached hydrogens (tertiary/aromatic N) is 1. The second-order valence-electron chi connectivity index (χ2n) is 3.35. The SMILES string of the molecule is FC(F)(F)c1nc(=S)cc(-c2ccccc2)[nH]1. The quantitative estimate of drug-likeness (QED) is 0.786. The summed E-state index contributed by atoms with van der Waals surface area (Å²) in [6.45, 7) is 0. The number of aromatic nitrogens is 2. The topological polar surface area (TPSA) is 28.7 Å². The Balaban J connectivity index is 2.58. The fourth-order valence-corrected chi connectivity index (χ4v) is 1.57. The fourth-order valence-electron chi connectivity index (χ4n) is 1.37. The molecule has 0 aliphatic heterocycles. The Morgan fingerprint density at radius 3 is 2.35 bits per heavy atom. The number of H-pyrrole nitrogens is 1. The molecule has 0 spiro atoms. The van der Waals surface area contributed by atoms with Gasteiger partial charge in [0.05, 0.1) is 0 Å². The molecule has 0 atom stereocenters. The highest BCUT2D eigenvalue weighted by Gasteiger charge is 2.34. The maximum absolute atomic E-state index is 12.5. The van der Waals surface area contributed by atoms with Crippen molar-refractivity contribution in [2.24, 2.45) is 0 Å². The van der Waals surface area contributed by atoms with Crippen molar-refractivity contribution in [3.8, 4) is 11.3 Å². The molecule has 1 aromatic carbocycles. The Bertz CT molecular complexity index is 575. The van der Waals surface area contributed by atoms with Crippen molar-refractivity contribution in [3.05, 3.63) is 46.9 Å². The second kappa shape index (κ2) is 4.29. The third kappa shape index (κ3) is 2.71. The molecule has 0 unspecified atom stereocenters. The van der Waals surface area contributed by atoms with E-state index in [1.807, 2.05) is 0 Å². The zero-order valence-corrected chi connectivity index (χ0v) is 9.27. The van der Waals surface area contributed by atoms with Crippen LogP contribution in [0.25, 0.3) is 11.3 Å². The van der Waals surface area contributed by atoms with Gasteiger partial charge in [-0.05, 0) is 11.6 Å². The molecule has 1 heterocycles. The van der Waals surface area contributed by atoms with Gasteiger partial charge in [-0.2, -0.15) is 13.2 Å². The van der Waals surface area contributed by atoms with Gasteiger partial charge in [0.15, 0.2) is 0 Å². The molecule has 0 aliphatic carbocycles. The van der Waals surface area contributed by atoms with Crippen LogP contribution in [0.3, 0.4) is 0 Å². The fraction of sp³-hybridized carbons (Fsp3) is 0.0909. The predicted molar refractivity (Wildman–Crippen MR) is 59.9 cm³/mol. The van der Waals surface area contributed by atoms with Crippen LogP contribution >= 0.6 is 12.2 Å². The summed E-state index contributed by atoms with van der Waals surface area (Å²) in [6.07, 6.45) is -4.53. The van der Waals surface area contributed by atoms with Gasteiger partial charge >= 0.3 is 6.18 Å². The molecule has 1 N–H and O–H groups in total. The molecular weight excluding hydrogens is 249 g/mol. The van der Waals surface area contributed by atoms with Crippen LogP contribution < -0.4 is 0 Å². The summed E-state index contributed by atoms with van der Waals surface area (Å²) < 4.78 is 37.5. The number of nitrogens with one attached hydrogen (secondary N) is 1. The molecule has 0 fully saturated rings. The molecule has 2 aromatic rings. The second-order valence-corrected chi connectivity index (χ2v) is 3.76. The van der Waals surface area contributed by atoms with Gasteiger partial charge in [0.1, 0.15) is 4.64 Å². The van der Waals surface area contributed by atoms with E-state index < -0.39 is 12.0 Å². The van der Waals surface area contributed by atoms with Crippen LogP contribution in [0.1, 0.15) is 5.82 Å². The lowest BCUT2D eigenvalue weighted by molar-refractivity contribution is -0.144. The molecular formula is C11H7F3N2S. The average Bonchev–Trinajstić information content (AvgIpc) is 2.28. The summed E-state index contributed by atoms with van der Waals surface area (Å²) in [5.74, 6) is -1.08. The highest BCUT2D eigenvalue weighted by Crippen LogP contribution is 2.27. The molecule has 88 valence electrons. The first-order valence-corrected chi connectivity index (χ1v) is 5.11. The van der Waals surface area contributed by atoms with Crippen molar-refractivity contribution in [1.29, 1.82) is 0 Å². The predicted octanol–water partition coefficient (Wildman–Crippen LogP) is 3.82. The van der Waals surface area contributed by atoms with E-state index in [1.165, 1.54) is 6.07 Å². The normalized spacial score (nSPS) is 11.5. The van der Waals surface area contributed by atoms with Crippen molar-refractivity contribution in [3.63, 3.8) is 0 Å². The minimum Gasteiger partial charge on any atom is -0.336 e. The van der Waals surface area contributed by atoms with Gasteiger partial charge in [0.2, 0.25) is 5.82 Å². The molecule has 0 amide bonds. The van der Waals surface area contributed by atoms with Gasteiger partial charge in [0.25, 0.3) is 0 Å². The molecule has 0 bridgehead atoms. The summed E-state index contributed by atoms with van der Waals surface area (Å²) >= 11 is 4.72. The Labute approximate surface area is 100 Å². The van der Waals surface area contributed by atoms with Gasteiger partial charge in [-0.1, -0.05) is 42.5 Å². The molecule has 2 nitrogen and oxygen atoms in total. The van der Waals surface area contributed by atoms with Crippen molar-refractivity contribution in [2.75, 3.05) is 0 Å². The monoisotopic (exact) mass is 256 g/mol. The Kier molecular flexibility index (Phi) is 2.97. The summed E-state index contributed by atoms with van der Waals surface area (Å²) in [5, 5.41) is 0. The molecule has 0 saturated carbocycles. The number of benzene rings is 1. The van der Waals surface area contributed by atoms with Crippen LogP contribution in [0, 0.1) is 4.64 Å². The van der Waals surface area contributed by atoms with E-state index in [0.717, 1.165) is 0 Å². The van der Waals surface area contributed by atoms with Crippen LogP contribution in [-0.4, -0.2) is 9.97 Å². The molecule has 2 rings (SSSR count). The van der Waals surface area contributed by atoms with Crippen molar-refractivity contribution >= 4 is 12.2 Å². The van der Waals surface area contributed by atoms with Gasteiger partial charge in [-0.3, -0.25) is 0 Å². The highest BCUT2D eigenvalue weighted by atomic mass is 32.1. The van der Waals surface area contributed by atoms with Crippen molar-refractivity contribution in [1.82, 2.24) is 9.97 Å². The van der Waals surface area contributed by atoms with Crippen molar-refractivity contribution in [2.45, 2.75) is 6.18 Å². The number of hydrogen-bond donors (Lipinski definition) is 1. The average molecular weight is 256 g/mol. The number of rotatable bonds is 1. The first kappa shape index (κ1) is 11.8. The Morgan fingerprint density at radius 1 is 1.12 bits per heavy atom. The van der Waals surface area contributed by atoms with Gasteiger partial charge in [-0.25, -0.2) is 4.98 Å². The lowest BCUT2D eigenvalue weighted by atomic mass is 10.1. The summed E-state index contributed by atoms with van der Waals surface area (Å²) in [6, 6.07) is 10.0. The van der Waals surface area contributed by atoms with Crippen LogP contribution in [0.2, 0.25) is 0 Å². The van der Waals surface area contributed by atoms with E-state index in [4.69, 9.17) is 12.2 Å². The van der Waals surface area contributed by atoms with E-state index in [-0.39, 0.29) is 4.64 Å². The molecule has 0 saturated heterocycles. The number of hydrogen-bond acceptors (Lipinski definition) is 2. The summed E-state index contributed by atoms with van der Waals surface area (Å²) in [4.78, 5) is 5.50. The van der Waals surface area contributed by atoms with E-state index in [9.17, 15) is 13.2 Å². The van der Waals surface area contributed by atoms with Crippen molar-refractivity contribution < 1.29 is 13.2 Å². The maximum Gasteiger partial charge on any atom is 0.449 e. The summed E-state index contributed by atoms with van der Waals surface area (Å²) in [5.41, 5.74) is 0.935. The van der Waals surface area contributed by atoms with E-state index >= 15 is 0 Å². The molecule has 0 radical (unpaired) electrons. The maximum atomic E-state index is 12.5. The van der Waals surface area contributed by atoms with Crippen LogP contribution in [0.5, 0.6) is 0 Å². The lowest BCUT2D eigenvalue weighted by Gasteiger charge is -2.08. The molecule has 17 heavy (non-hydrogen) atoms. The highest BCUT2D eigenvalue weighted by molar-refractivity contribution is 7.71. The van der Waals surface area contributed by atoms with Crippen LogP contribution in [-0.2, 0) is 6.18 Å². The van der Waals surface area contributed by atoms with Gasteiger partial charge in [0, 0.05) is 5.69 Å². The van der Waals surface area contributed by atoms with E-state index in [1.54, 1.807) is 30.3 Å². The number of alkyl halides is 3. The lowest BCUT2D eigenvalue weighted by Crippen LogP contribution is -2.11. The van der Waals surface area contributed by atoms with E-state index in [0.29, 0.717) is 11.3 Å². The van der Waals surface area contributed by atoms with Gasteiger partial charge in [-0.15, -0.1) is 0 Å². The smallest absolute Gasteiger partial charge is 0.336 e. The largest absolute Gasteiger partial charge is 0.449 e. The first-order valence-electron chi connectivity index (χ1n) is 4.71. The Hall–Kier alpha value is -1.69. The zero-order valence-electron chi connectivity index (χ0n) is 8.45. The third-order valence-electron chi connectivity index (χ3n) is 2.10. The molecule has 6 heteroatoms. The Morgan fingerprint density at radius 2 is 1.76 bits per heavy atom. The number of aromatic amines is 1. The van der Waals surface area contributed by atoms with Crippen LogP contribution in [0.15, 0.2) is 36.4 Å². The summed E-state index contributed by atoms with van der Waals surface area (Å²) in [7, 11) is 0. The van der Waals surface area contributed by atoms with Gasteiger partial charge < -0.3 is 4.98 Å². The minimum atomic E-state index is -4.53. The standard InChI is InChI=1S/C11H7F3N2S/c12-11(13,14)10-15-8(6-9(17)16-10)7-4-2-1-3-5-7/h1-6H,(H,15,16,17). The first-order chi connectivity index (χ1) is 7.97. The molecule has 1 aromatic heterocycles. The minimum absolute atomic E-state index is 0.0880. The molecule has 0 aliphatic rings. The zero-order chi connectivity index (χ0) is 12.5. The van der Waals surface area contributed by atoms with E-state index in [2.05, 4.69) is 9.97 Å². The number of halogens is 3. The van der Waals surface area contributed by atoms with Crippen LogP contribution in [0.4, 0.5) is 13.2 Å². The third-order valence-corrected chi connectivity index (χ3v) is 2.31.